The molecule has 1 aromatic carbocycles. The van der Waals surface area contributed by atoms with Crippen LogP contribution in [0.25, 0.3) is 0 Å². The van der Waals surface area contributed by atoms with Gasteiger partial charge < -0.3 is 19.5 Å². The fourth-order valence-electron chi connectivity index (χ4n) is 2.83. The van der Waals surface area contributed by atoms with Gasteiger partial charge in [0.25, 0.3) is 0 Å². The van der Waals surface area contributed by atoms with Crippen molar-refractivity contribution in [2.24, 2.45) is 5.92 Å². The number of benzene rings is 1. The first-order chi connectivity index (χ1) is 10.8. The molecule has 2 aliphatic rings. The molecule has 5 heteroatoms. The third kappa shape index (κ3) is 4.21. The van der Waals surface area contributed by atoms with Gasteiger partial charge in [-0.2, -0.15) is 0 Å². The molecule has 0 saturated carbocycles. The van der Waals surface area contributed by atoms with E-state index in [1.807, 2.05) is 24.3 Å². The number of hydrogen-bond acceptors (Lipinski definition) is 4. The van der Waals surface area contributed by atoms with E-state index in [4.69, 9.17) is 14.2 Å². The monoisotopic (exact) mass is 305 g/mol. The standard InChI is InChI=1S/C17H23NO4/c19-17(13-6-9-20-10-7-13)18-14-3-1-4-15(11-14)22-12-16-5-2-8-21-16/h1,3-4,11,13,16H,2,5-10,12H2,(H,18,19). The third-order valence-electron chi connectivity index (χ3n) is 4.15. The van der Waals surface area contributed by atoms with Crippen LogP contribution in [0.15, 0.2) is 24.3 Å². The summed E-state index contributed by atoms with van der Waals surface area (Å²) in [6, 6.07) is 7.55. The van der Waals surface area contributed by atoms with Crippen LogP contribution in [-0.2, 0) is 14.3 Å². The van der Waals surface area contributed by atoms with E-state index < -0.39 is 0 Å². The van der Waals surface area contributed by atoms with Crippen molar-refractivity contribution in [3.8, 4) is 5.75 Å². The molecule has 0 aromatic heterocycles. The van der Waals surface area contributed by atoms with Crippen LogP contribution in [0.2, 0.25) is 0 Å². The second kappa shape index (κ2) is 7.61. The highest BCUT2D eigenvalue weighted by Gasteiger charge is 2.21. The number of nitrogens with one attached hydrogen (secondary N) is 1. The van der Waals surface area contributed by atoms with Crippen molar-refractivity contribution in [3.63, 3.8) is 0 Å². The highest BCUT2D eigenvalue weighted by Crippen LogP contribution is 2.22. The molecule has 2 saturated heterocycles. The van der Waals surface area contributed by atoms with Crippen molar-refractivity contribution >= 4 is 11.6 Å². The molecule has 1 amide bonds. The summed E-state index contributed by atoms with van der Waals surface area (Å²) in [5.74, 6) is 0.880. The Balaban J connectivity index is 1.52. The van der Waals surface area contributed by atoms with Gasteiger partial charge in [-0.05, 0) is 37.8 Å². The molecule has 1 atom stereocenters. The maximum Gasteiger partial charge on any atom is 0.227 e. The molecule has 120 valence electrons. The van der Waals surface area contributed by atoms with E-state index in [2.05, 4.69) is 5.32 Å². The molecular weight excluding hydrogens is 282 g/mol. The number of amides is 1. The van der Waals surface area contributed by atoms with Crippen LogP contribution >= 0.6 is 0 Å². The van der Waals surface area contributed by atoms with Crippen molar-refractivity contribution in [1.82, 2.24) is 0 Å². The summed E-state index contributed by atoms with van der Waals surface area (Å²) in [7, 11) is 0. The molecule has 2 heterocycles. The smallest absolute Gasteiger partial charge is 0.227 e. The summed E-state index contributed by atoms with van der Waals surface area (Å²) < 4.78 is 16.6. The van der Waals surface area contributed by atoms with Gasteiger partial charge in [-0.25, -0.2) is 0 Å². The SMILES string of the molecule is O=C(Nc1cccc(OCC2CCCO2)c1)C1CCOCC1. The van der Waals surface area contributed by atoms with Crippen LogP contribution in [0.4, 0.5) is 5.69 Å². The molecule has 0 aliphatic carbocycles. The molecule has 0 spiro atoms. The Morgan fingerprint density at radius 1 is 1.23 bits per heavy atom. The van der Waals surface area contributed by atoms with E-state index in [0.29, 0.717) is 19.8 Å². The number of hydrogen-bond donors (Lipinski definition) is 1. The van der Waals surface area contributed by atoms with Gasteiger partial charge in [-0.15, -0.1) is 0 Å². The van der Waals surface area contributed by atoms with E-state index in [0.717, 1.165) is 43.7 Å². The maximum absolute atomic E-state index is 12.2. The van der Waals surface area contributed by atoms with Crippen LogP contribution < -0.4 is 10.1 Å². The number of anilines is 1. The highest BCUT2D eigenvalue weighted by atomic mass is 16.5. The Kier molecular flexibility index (Phi) is 5.29. The quantitative estimate of drug-likeness (QED) is 0.908. The summed E-state index contributed by atoms with van der Waals surface area (Å²) >= 11 is 0. The predicted molar refractivity (Wildman–Crippen MR) is 83.1 cm³/mol. The van der Waals surface area contributed by atoms with E-state index in [-0.39, 0.29) is 17.9 Å². The summed E-state index contributed by atoms with van der Waals surface area (Å²) in [6.45, 7) is 2.73. The minimum absolute atomic E-state index is 0.0465. The Morgan fingerprint density at radius 3 is 2.86 bits per heavy atom. The molecule has 2 fully saturated rings. The number of ether oxygens (including phenoxy) is 3. The second-order valence-corrected chi connectivity index (χ2v) is 5.85. The van der Waals surface area contributed by atoms with Gasteiger partial charge in [-0.3, -0.25) is 4.79 Å². The average Bonchev–Trinajstić information content (AvgIpc) is 3.08. The van der Waals surface area contributed by atoms with E-state index in [1.165, 1.54) is 0 Å². The fraction of sp³-hybridized carbons (Fsp3) is 0.588. The van der Waals surface area contributed by atoms with Gasteiger partial charge in [0.15, 0.2) is 0 Å². The van der Waals surface area contributed by atoms with Crippen LogP contribution in [0.5, 0.6) is 5.75 Å². The minimum Gasteiger partial charge on any atom is -0.491 e. The lowest BCUT2D eigenvalue weighted by molar-refractivity contribution is -0.122. The fourth-order valence-corrected chi connectivity index (χ4v) is 2.83. The topological polar surface area (TPSA) is 56.8 Å². The van der Waals surface area contributed by atoms with Crippen molar-refractivity contribution < 1.29 is 19.0 Å². The summed E-state index contributed by atoms with van der Waals surface area (Å²) in [5.41, 5.74) is 0.779. The normalized spacial score (nSPS) is 22.5. The van der Waals surface area contributed by atoms with Gasteiger partial charge in [0, 0.05) is 37.5 Å². The first kappa shape index (κ1) is 15.3. The summed E-state index contributed by atoms with van der Waals surface area (Å²) in [6.07, 6.45) is 3.94. The van der Waals surface area contributed by atoms with E-state index in [1.54, 1.807) is 0 Å². The molecular formula is C17H23NO4. The molecule has 1 N–H and O–H groups in total. The predicted octanol–water partition coefficient (Wildman–Crippen LogP) is 2.61. The van der Waals surface area contributed by atoms with Gasteiger partial charge >= 0.3 is 0 Å². The maximum atomic E-state index is 12.2. The van der Waals surface area contributed by atoms with Crippen LogP contribution in [0.1, 0.15) is 25.7 Å². The molecule has 2 aliphatic heterocycles. The van der Waals surface area contributed by atoms with Gasteiger partial charge in [0.1, 0.15) is 12.4 Å². The van der Waals surface area contributed by atoms with Gasteiger partial charge in [0.05, 0.1) is 6.10 Å². The Morgan fingerprint density at radius 2 is 2.09 bits per heavy atom. The van der Waals surface area contributed by atoms with E-state index in [9.17, 15) is 4.79 Å². The first-order valence-electron chi connectivity index (χ1n) is 8.04. The number of carbonyl (C=O) groups excluding carboxylic acids is 1. The molecule has 1 aromatic rings. The van der Waals surface area contributed by atoms with Gasteiger partial charge in [-0.1, -0.05) is 6.07 Å². The molecule has 0 bridgehead atoms. The number of rotatable bonds is 5. The molecule has 0 radical (unpaired) electrons. The van der Waals surface area contributed by atoms with Crippen LogP contribution in [0.3, 0.4) is 0 Å². The van der Waals surface area contributed by atoms with Crippen molar-refractivity contribution in [2.45, 2.75) is 31.8 Å². The number of carbonyl (C=O) groups is 1. The van der Waals surface area contributed by atoms with Crippen LogP contribution in [-0.4, -0.2) is 38.4 Å². The zero-order valence-corrected chi connectivity index (χ0v) is 12.8. The average molecular weight is 305 g/mol. The Hall–Kier alpha value is -1.59. The van der Waals surface area contributed by atoms with Gasteiger partial charge in [0.2, 0.25) is 5.91 Å². The van der Waals surface area contributed by atoms with Crippen molar-refractivity contribution in [2.75, 3.05) is 31.7 Å². The Labute approximate surface area is 130 Å². The first-order valence-corrected chi connectivity index (χ1v) is 8.04. The van der Waals surface area contributed by atoms with Crippen molar-refractivity contribution in [1.29, 1.82) is 0 Å². The molecule has 22 heavy (non-hydrogen) atoms. The lowest BCUT2D eigenvalue weighted by atomic mass is 9.99. The minimum atomic E-state index is 0.0465. The molecule has 1 unspecified atom stereocenters. The van der Waals surface area contributed by atoms with Crippen molar-refractivity contribution in [3.05, 3.63) is 24.3 Å². The highest BCUT2D eigenvalue weighted by molar-refractivity contribution is 5.92. The lowest BCUT2D eigenvalue weighted by Crippen LogP contribution is -2.28. The van der Waals surface area contributed by atoms with Crippen LogP contribution in [0, 0.1) is 5.92 Å². The lowest BCUT2D eigenvalue weighted by Gasteiger charge is -2.21. The third-order valence-corrected chi connectivity index (χ3v) is 4.15. The molecule has 5 nitrogen and oxygen atoms in total. The largest absolute Gasteiger partial charge is 0.491 e. The zero-order chi connectivity index (χ0) is 15.2. The zero-order valence-electron chi connectivity index (χ0n) is 12.8. The second-order valence-electron chi connectivity index (χ2n) is 5.85. The van der Waals surface area contributed by atoms with E-state index >= 15 is 0 Å². The summed E-state index contributed by atoms with van der Waals surface area (Å²) in [5, 5.41) is 2.97. The molecule has 3 rings (SSSR count). The summed E-state index contributed by atoms with van der Waals surface area (Å²) in [4.78, 5) is 12.2. The Bertz CT molecular complexity index is 493.